The topological polar surface area (TPSA) is 79.9 Å². The van der Waals surface area contributed by atoms with Gasteiger partial charge in [0.1, 0.15) is 12.4 Å². The lowest BCUT2D eigenvalue weighted by atomic mass is 10.1. The van der Waals surface area contributed by atoms with Crippen LogP contribution in [-0.2, 0) is 4.74 Å². The molecule has 2 rings (SSSR count). The molecule has 2 aromatic carbocycles. The summed E-state index contributed by atoms with van der Waals surface area (Å²) in [6, 6.07) is 13.9. The van der Waals surface area contributed by atoms with E-state index in [-0.39, 0.29) is 16.9 Å². The van der Waals surface area contributed by atoms with E-state index in [1.165, 1.54) is 0 Å². The highest BCUT2D eigenvalue weighted by atomic mass is 32.1. The largest absolute Gasteiger partial charge is 0.491 e. The van der Waals surface area contributed by atoms with Gasteiger partial charge in [0.25, 0.3) is 11.8 Å². The molecule has 0 spiro atoms. The number of carbonyl (C=O) groups excluding carboxylic acids is 2. The van der Waals surface area contributed by atoms with E-state index >= 15 is 0 Å². The fraction of sp³-hybridized carbons (Fsp3) is 0.400. The molecule has 0 unspecified atom stereocenters. The third-order valence-electron chi connectivity index (χ3n) is 4.71. The highest BCUT2D eigenvalue weighted by Crippen LogP contribution is 2.14. The quantitative estimate of drug-likeness (QED) is 0.351. The normalized spacial score (nSPS) is 10.4. The molecule has 33 heavy (non-hydrogen) atoms. The molecule has 178 valence electrons. The van der Waals surface area contributed by atoms with E-state index in [2.05, 4.69) is 24.5 Å². The molecule has 2 amide bonds. The summed E-state index contributed by atoms with van der Waals surface area (Å²) in [6.45, 7) is 9.14. The lowest BCUT2D eigenvalue weighted by Crippen LogP contribution is -2.34. The molecule has 0 aromatic heterocycles. The predicted molar refractivity (Wildman–Crippen MR) is 135 cm³/mol. The van der Waals surface area contributed by atoms with Crippen molar-refractivity contribution in [3.63, 3.8) is 0 Å². The number of rotatable bonds is 12. The van der Waals surface area contributed by atoms with E-state index in [1.54, 1.807) is 48.5 Å². The molecule has 2 N–H and O–H groups in total. The van der Waals surface area contributed by atoms with Crippen LogP contribution in [0, 0.1) is 0 Å². The minimum Gasteiger partial charge on any atom is -0.491 e. The van der Waals surface area contributed by atoms with E-state index in [4.69, 9.17) is 21.7 Å². The second-order valence-corrected chi connectivity index (χ2v) is 7.76. The van der Waals surface area contributed by atoms with Crippen LogP contribution >= 0.6 is 12.2 Å². The summed E-state index contributed by atoms with van der Waals surface area (Å²) in [5.74, 6) is 0.361. The summed E-state index contributed by atoms with van der Waals surface area (Å²) in [5.41, 5.74) is 1.78. The number of amides is 2. The molecular formula is C25H33N3O4S. The van der Waals surface area contributed by atoms with Gasteiger partial charge < -0.3 is 19.7 Å². The minimum atomic E-state index is -0.324. The van der Waals surface area contributed by atoms with Crippen molar-refractivity contribution >= 4 is 34.8 Å². The Labute approximate surface area is 201 Å². The first-order valence-electron chi connectivity index (χ1n) is 11.3. The predicted octanol–water partition coefficient (Wildman–Crippen LogP) is 4.49. The molecule has 8 heteroatoms. The monoisotopic (exact) mass is 471 g/mol. The Kier molecular flexibility index (Phi) is 11.3. The Morgan fingerprint density at radius 1 is 0.879 bits per heavy atom. The van der Waals surface area contributed by atoms with E-state index < -0.39 is 0 Å². The van der Waals surface area contributed by atoms with Crippen LogP contribution in [0.25, 0.3) is 0 Å². The van der Waals surface area contributed by atoms with Gasteiger partial charge >= 0.3 is 0 Å². The highest BCUT2D eigenvalue weighted by molar-refractivity contribution is 7.80. The molecule has 2 aromatic rings. The fourth-order valence-corrected chi connectivity index (χ4v) is 3.35. The Morgan fingerprint density at radius 3 is 2.06 bits per heavy atom. The molecular weight excluding hydrogens is 438 g/mol. The Bertz CT molecular complexity index is 895. The van der Waals surface area contributed by atoms with Crippen molar-refractivity contribution < 1.29 is 19.1 Å². The van der Waals surface area contributed by atoms with Gasteiger partial charge in [-0.05, 0) is 80.5 Å². The van der Waals surface area contributed by atoms with Crippen LogP contribution in [0.3, 0.4) is 0 Å². The van der Waals surface area contributed by atoms with Crippen molar-refractivity contribution in [2.75, 3.05) is 38.2 Å². The molecule has 0 saturated heterocycles. The number of ether oxygens (including phenoxy) is 2. The molecule has 0 aliphatic carbocycles. The average molecular weight is 472 g/mol. The van der Waals surface area contributed by atoms with E-state index in [0.29, 0.717) is 42.4 Å². The van der Waals surface area contributed by atoms with E-state index in [9.17, 15) is 9.59 Å². The van der Waals surface area contributed by atoms with Crippen LogP contribution in [0.1, 0.15) is 54.3 Å². The third-order valence-corrected chi connectivity index (χ3v) is 4.91. The van der Waals surface area contributed by atoms with Gasteiger partial charge in [-0.1, -0.05) is 13.8 Å². The first-order chi connectivity index (χ1) is 16.0. The number of nitrogens with zero attached hydrogens (tertiary/aromatic N) is 1. The van der Waals surface area contributed by atoms with Crippen molar-refractivity contribution in [1.82, 2.24) is 10.2 Å². The number of anilines is 1. The first-order valence-corrected chi connectivity index (χ1v) is 11.7. The number of thiocarbonyl (C=S) groups is 1. The summed E-state index contributed by atoms with van der Waals surface area (Å²) in [4.78, 5) is 27.0. The zero-order chi connectivity index (χ0) is 24.1. The van der Waals surface area contributed by atoms with Crippen LogP contribution in [0.2, 0.25) is 0 Å². The second-order valence-electron chi connectivity index (χ2n) is 7.35. The first kappa shape index (κ1) is 26.3. The molecule has 0 heterocycles. The van der Waals surface area contributed by atoms with Crippen LogP contribution in [0.15, 0.2) is 48.5 Å². The lowest BCUT2D eigenvalue weighted by Gasteiger charge is -2.21. The number of nitrogens with one attached hydrogen (secondary N) is 2. The van der Waals surface area contributed by atoms with Crippen molar-refractivity contribution in [2.45, 2.75) is 33.6 Å². The zero-order valence-corrected chi connectivity index (χ0v) is 20.4. The average Bonchev–Trinajstić information content (AvgIpc) is 2.82. The van der Waals surface area contributed by atoms with Crippen molar-refractivity contribution in [3.8, 4) is 5.75 Å². The lowest BCUT2D eigenvalue weighted by molar-refractivity contribution is 0.0755. The van der Waals surface area contributed by atoms with Crippen LogP contribution in [-0.4, -0.2) is 54.7 Å². The summed E-state index contributed by atoms with van der Waals surface area (Å²) in [6.07, 6.45) is 1.84. The number of hydrogen-bond donors (Lipinski definition) is 2. The van der Waals surface area contributed by atoms with Gasteiger partial charge in [-0.25, -0.2) is 0 Å². The Balaban J connectivity index is 1.87. The molecule has 0 aliphatic rings. The van der Waals surface area contributed by atoms with Gasteiger partial charge in [-0.15, -0.1) is 0 Å². The molecule has 0 bridgehead atoms. The smallest absolute Gasteiger partial charge is 0.257 e. The number of carbonyl (C=O) groups is 2. The van der Waals surface area contributed by atoms with Crippen molar-refractivity contribution in [1.29, 1.82) is 0 Å². The van der Waals surface area contributed by atoms with Gasteiger partial charge in [0, 0.05) is 36.5 Å². The van der Waals surface area contributed by atoms with Gasteiger partial charge in [0.15, 0.2) is 5.11 Å². The zero-order valence-electron chi connectivity index (χ0n) is 19.6. The van der Waals surface area contributed by atoms with Gasteiger partial charge in [0.05, 0.1) is 6.61 Å². The highest BCUT2D eigenvalue weighted by Gasteiger charge is 2.14. The van der Waals surface area contributed by atoms with Crippen molar-refractivity contribution in [2.24, 2.45) is 0 Å². The van der Waals surface area contributed by atoms with Crippen molar-refractivity contribution in [3.05, 3.63) is 59.7 Å². The standard InChI is InChI=1S/C25H33N3O4S/c1-4-15-28(16-5-2)24(30)20-7-11-21(12-8-20)26-25(33)27-23(29)19-9-13-22(14-10-19)32-18-17-31-6-3/h7-14H,4-6,15-18H2,1-3H3,(H2,26,27,29,33). The van der Waals surface area contributed by atoms with Gasteiger partial charge in [-0.3, -0.25) is 14.9 Å². The van der Waals surface area contributed by atoms with E-state index in [1.807, 2.05) is 11.8 Å². The molecule has 7 nitrogen and oxygen atoms in total. The number of benzene rings is 2. The molecule has 0 fully saturated rings. The maximum atomic E-state index is 12.7. The van der Waals surface area contributed by atoms with Gasteiger partial charge in [0.2, 0.25) is 0 Å². The van der Waals surface area contributed by atoms with Crippen LogP contribution < -0.4 is 15.4 Å². The summed E-state index contributed by atoms with van der Waals surface area (Å²) in [5, 5.41) is 5.81. The van der Waals surface area contributed by atoms with Crippen LogP contribution in [0.5, 0.6) is 5.75 Å². The maximum Gasteiger partial charge on any atom is 0.257 e. The van der Waals surface area contributed by atoms with E-state index in [0.717, 1.165) is 25.9 Å². The summed E-state index contributed by atoms with van der Waals surface area (Å²) < 4.78 is 10.8. The molecule has 0 atom stereocenters. The molecule has 0 aliphatic heterocycles. The SMILES string of the molecule is CCCN(CCC)C(=O)c1ccc(NC(=S)NC(=O)c2ccc(OCCOCC)cc2)cc1. The summed E-state index contributed by atoms with van der Waals surface area (Å²) in [7, 11) is 0. The van der Waals surface area contributed by atoms with Gasteiger partial charge in [-0.2, -0.15) is 0 Å². The third kappa shape index (κ3) is 8.82. The summed E-state index contributed by atoms with van der Waals surface area (Å²) >= 11 is 5.26. The maximum absolute atomic E-state index is 12.7. The molecule has 0 radical (unpaired) electrons. The second kappa shape index (κ2) is 14.2. The minimum absolute atomic E-state index is 0.0199. The fourth-order valence-electron chi connectivity index (χ4n) is 3.14. The number of hydrogen-bond acceptors (Lipinski definition) is 5. The Morgan fingerprint density at radius 2 is 1.48 bits per heavy atom. The molecule has 0 saturated carbocycles. The van der Waals surface area contributed by atoms with Crippen LogP contribution in [0.4, 0.5) is 5.69 Å². The Hall–Kier alpha value is -2.97.